The maximum absolute atomic E-state index is 14.3. The van der Waals surface area contributed by atoms with Crippen molar-refractivity contribution in [3.63, 3.8) is 0 Å². The third kappa shape index (κ3) is 4.50. The Hall–Kier alpha value is -2.69. The number of hydrogen-bond donors (Lipinski definition) is 0. The van der Waals surface area contributed by atoms with Gasteiger partial charge in [-0.2, -0.15) is 0 Å². The number of para-hydroxylation sites is 1. The fourth-order valence-electron chi connectivity index (χ4n) is 3.64. The monoisotopic (exact) mass is 395 g/mol. The molecule has 0 unspecified atom stereocenters. The van der Waals surface area contributed by atoms with E-state index in [0.29, 0.717) is 30.1 Å². The number of nitrogens with zero attached hydrogens (tertiary/aromatic N) is 3. The predicted molar refractivity (Wildman–Crippen MR) is 115 cm³/mol. The van der Waals surface area contributed by atoms with E-state index in [1.54, 1.807) is 6.07 Å². The summed E-state index contributed by atoms with van der Waals surface area (Å²) >= 11 is 0. The quantitative estimate of drug-likeness (QED) is 0.530. The highest BCUT2D eigenvalue weighted by atomic mass is 19.1. The molecule has 4 nitrogen and oxygen atoms in total. The second kappa shape index (κ2) is 8.76. The molecular formula is C24H30FN3O. The number of aryl methyl sites for hydroxylation is 3. The Labute approximate surface area is 172 Å². The molecule has 2 aromatic carbocycles. The smallest absolute Gasteiger partial charge is 0.254 e. The van der Waals surface area contributed by atoms with Gasteiger partial charge in [-0.15, -0.1) is 0 Å². The molecule has 0 N–H and O–H groups in total. The van der Waals surface area contributed by atoms with E-state index < -0.39 is 0 Å². The summed E-state index contributed by atoms with van der Waals surface area (Å²) in [7, 11) is 0. The summed E-state index contributed by atoms with van der Waals surface area (Å²) in [5.74, 6) is 0.697. The molecule has 3 aromatic rings. The van der Waals surface area contributed by atoms with Crippen LogP contribution in [0.15, 0.2) is 36.4 Å². The van der Waals surface area contributed by atoms with Crippen LogP contribution in [0.25, 0.3) is 11.0 Å². The summed E-state index contributed by atoms with van der Waals surface area (Å²) in [5, 5.41) is 0. The standard InChI is InChI=1S/C24H30FN3O/c1-6-12-28-21-9-7-8-20(25)23(21)26-22(28)15-27(14-16(2)3)24(29)19-11-10-17(4)18(5)13-19/h7-11,13,16H,6,12,14-15H2,1-5H3. The molecule has 0 bridgehead atoms. The molecule has 0 aliphatic heterocycles. The summed E-state index contributed by atoms with van der Waals surface area (Å²) in [6.07, 6.45) is 0.907. The zero-order valence-corrected chi connectivity index (χ0v) is 18.0. The zero-order valence-electron chi connectivity index (χ0n) is 18.0. The van der Waals surface area contributed by atoms with E-state index in [4.69, 9.17) is 0 Å². The van der Waals surface area contributed by atoms with Crippen molar-refractivity contribution in [2.75, 3.05) is 6.54 Å². The average molecular weight is 396 g/mol. The van der Waals surface area contributed by atoms with Gasteiger partial charge in [0.15, 0.2) is 5.82 Å². The number of aromatic nitrogens is 2. The van der Waals surface area contributed by atoms with Gasteiger partial charge >= 0.3 is 0 Å². The first-order valence-corrected chi connectivity index (χ1v) is 10.3. The van der Waals surface area contributed by atoms with Crippen LogP contribution in [0.1, 0.15) is 54.5 Å². The van der Waals surface area contributed by atoms with Crippen LogP contribution in [0, 0.1) is 25.6 Å². The molecule has 0 fully saturated rings. The van der Waals surface area contributed by atoms with Gasteiger partial charge in [0, 0.05) is 18.7 Å². The van der Waals surface area contributed by atoms with E-state index in [-0.39, 0.29) is 11.7 Å². The van der Waals surface area contributed by atoms with Crippen LogP contribution in [-0.4, -0.2) is 26.9 Å². The van der Waals surface area contributed by atoms with Crippen molar-refractivity contribution in [3.8, 4) is 0 Å². The van der Waals surface area contributed by atoms with E-state index in [2.05, 4.69) is 25.8 Å². The number of rotatable bonds is 7. The van der Waals surface area contributed by atoms with Gasteiger partial charge in [-0.1, -0.05) is 32.9 Å². The molecular weight excluding hydrogens is 365 g/mol. The molecule has 1 aromatic heterocycles. The third-order valence-electron chi connectivity index (χ3n) is 5.21. The van der Waals surface area contributed by atoms with Gasteiger partial charge in [0.2, 0.25) is 0 Å². The summed E-state index contributed by atoms with van der Waals surface area (Å²) in [6, 6.07) is 10.8. The largest absolute Gasteiger partial charge is 0.331 e. The van der Waals surface area contributed by atoms with Crippen LogP contribution in [0.2, 0.25) is 0 Å². The lowest BCUT2D eigenvalue weighted by atomic mass is 10.0. The van der Waals surface area contributed by atoms with Crippen LogP contribution >= 0.6 is 0 Å². The van der Waals surface area contributed by atoms with Crippen molar-refractivity contribution in [2.45, 2.75) is 54.1 Å². The lowest BCUT2D eigenvalue weighted by Gasteiger charge is -2.25. The van der Waals surface area contributed by atoms with E-state index in [0.717, 1.165) is 35.4 Å². The maximum Gasteiger partial charge on any atom is 0.254 e. The number of carbonyl (C=O) groups is 1. The summed E-state index contributed by atoms with van der Waals surface area (Å²) in [4.78, 5) is 19.7. The molecule has 1 amide bonds. The fourth-order valence-corrected chi connectivity index (χ4v) is 3.64. The van der Waals surface area contributed by atoms with Gasteiger partial charge in [-0.25, -0.2) is 9.37 Å². The maximum atomic E-state index is 14.3. The Balaban J connectivity index is 2.00. The summed E-state index contributed by atoms with van der Waals surface area (Å²) in [5.41, 5.74) is 4.10. The highest BCUT2D eigenvalue weighted by Crippen LogP contribution is 2.22. The Morgan fingerprint density at radius 1 is 1.17 bits per heavy atom. The highest BCUT2D eigenvalue weighted by Gasteiger charge is 2.22. The number of hydrogen-bond acceptors (Lipinski definition) is 2. The topological polar surface area (TPSA) is 38.1 Å². The van der Waals surface area contributed by atoms with E-state index >= 15 is 0 Å². The van der Waals surface area contributed by atoms with Crippen molar-refractivity contribution >= 4 is 16.9 Å². The van der Waals surface area contributed by atoms with Crippen LogP contribution < -0.4 is 0 Å². The summed E-state index contributed by atoms with van der Waals surface area (Å²) in [6.45, 7) is 12.0. The predicted octanol–water partition coefficient (Wildman–Crippen LogP) is 5.50. The lowest BCUT2D eigenvalue weighted by Crippen LogP contribution is -2.34. The van der Waals surface area contributed by atoms with Gasteiger partial charge in [0.25, 0.3) is 5.91 Å². The second-order valence-corrected chi connectivity index (χ2v) is 8.17. The molecule has 0 atom stereocenters. The molecule has 0 saturated carbocycles. The van der Waals surface area contributed by atoms with E-state index in [9.17, 15) is 9.18 Å². The first-order chi connectivity index (χ1) is 13.8. The number of halogens is 1. The van der Waals surface area contributed by atoms with Crippen LogP contribution in [0.4, 0.5) is 4.39 Å². The minimum Gasteiger partial charge on any atom is -0.331 e. The third-order valence-corrected chi connectivity index (χ3v) is 5.21. The van der Waals surface area contributed by atoms with Crippen LogP contribution in [-0.2, 0) is 13.1 Å². The molecule has 29 heavy (non-hydrogen) atoms. The molecule has 0 aliphatic rings. The van der Waals surface area contributed by atoms with Crippen LogP contribution in [0.5, 0.6) is 0 Å². The molecule has 154 valence electrons. The zero-order chi connectivity index (χ0) is 21.1. The summed E-state index contributed by atoms with van der Waals surface area (Å²) < 4.78 is 16.4. The number of fused-ring (bicyclic) bond motifs is 1. The normalized spacial score (nSPS) is 11.4. The molecule has 0 radical (unpaired) electrons. The average Bonchev–Trinajstić information content (AvgIpc) is 3.02. The van der Waals surface area contributed by atoms with Gasteiger partial charge < -0.3 is 9.47 Å². The highest BCUT2D eigenvalue weighted by molar-refractivity contribution is 5.94. The molecule has 0 spiro atoms. The Bertz CT molecular complexity index is 1020. The fraction of sp³-hybridized carbons (Fsp3) is 0.417. The minimum atomic E-state index is -0.325. The molecule has 3 rings (SSSR count). The van der Waals surface area contributed by atoms with Crippen molar-refractivity contribution in [1.82, 2.24) is 14.5 Å². The van der Waals surface area contributed by atoms with Gasteiger partial charge in [-0.3, -0.25) is 4.79 Å². The molecule has 0 saturated heterocycles. The van der Waals surface area contributed by atoms with Crippen molar-refractivity contribution in [1.29, 1.82) is 0 Å². The Kier molecular flexibility index (Phi) is 6.36. The lowest BCUT2D eigenvalue weighted by molar-refractivity contribution is 0.0716. The number of amides is 1. The Morgan fingerprint density at radius 3 is 2.59 bits per heavy atom. The Morgan fingerprint density at radius 2 is 1.93 bits per heavy atom. The van der Waals surface area contributed by atoms with Gasteiger partial charge in [0.05, 0.1) is 12.1 Å². The molecule has 0 aliphatic carbocycles. The number of imidazole rings is 1. The number of benzene rings is 2. The molecule has 5 heteroatoms. The van der Waals surface area contributed by atoms with Crippen molar-refractivity contribution in [2.24, 2.45) is 5.92 Å². The van der Waals surface area contributed by atoms with Crippen molar-refractivity contribution < 1.29 is 9.18 Å². The second-order valence-electron chi connectivity index (χ2n) is 8.17. The minimum absolute atomic E-state index is 0.0163. The van der Waals surface area contributed by atoms with E-state index in [1.165, 1.54) is 6.07 Å². The SMILES string of the molecule is CCCn1c(CN(CC(C)C)C(=O)c2ccc(C)c(C)c2)nc2c(F)cccc21. The van der Waals surface area contributed by atoms with Gasteiger partial charge in [-0.05, 0) is 61.6 Å². The van der Waals surface area contributed by atoms with Crippen molar-refractivity contribution in [3.05, 3.63) is 64.7 Å². The first kappa shape index (κ1) is 21.0. The first-order valence-electron chi connectivity index (χ1n) is 10.3. The molecule has 1 heterocycles. The van der Waals surface area contributed by atoms with E-state index in [1.807, 2.05) is 47.6 Å². The van der Waals surface area contributed by atoms with Gasteiger partial charge in [0.1, 0.15) is 11.3 Å². The number of carbonyl (C=O) groups excluding carboxylic acids is 1. The van der Waals surface area contributed by atoms with Crippen LogP contribution in [0.3, 0.4) is 0 Å².